The summed E-state index contributed by atoms with van der Waals surface area (Å²) in [5, 5.41) is 12.0. The Morgan fingerprint density at radius 2 is 1.95 bits per heavy atom. The second-order valence-corrected chi connectivity index (χ2v) is 4.59. The van der Waals surface area contributed by atoms with Crippen LogP contribution in [0.15, 0.2) is 24.3 Å². The maximum atomic E-state index is 9.03. The molecule has 1 aromatic heterocycles. The van der Waals surface area contributed by atoms with E-state index in [-0.39, 0.29) is 0 Å². The number of aromatic nitrogens is 1. The van der Waals surface area contributed by atoms with Gasteiger partial charge in [-0.2, -0.15) is 5.26 Å². The summed E-state index contributed by atoms with van der Waals surface area (Å²) in [4.78, 5) is 4.52. The number of nitrogens with one attached hydrogen (secondary N) is 1. The zero-order valence-electron chi connectivity index (χ0n) is 12.1. The van der Waals surface area contributed by atoms with Crippen molar-refractivity contribution in [2.75, 3.05) is 19.5 Å². The molecule has 0 aliphatic heterocycles. The van der Waals surface area contributed by atoms with Crippen LogP contribution in [0.4, 0.5) is 5.82 Å². The summed E-state index contributed by atoms with van der Waals surface area (Å²) in [6.07, 6.45) is 0. The van der Waals surface area contributed by atoms with Gasteiger partial charge in [-0.3, -0.25) is 0 Å². The van der Waals surface area contributed by atoms with E-state index in [0.29, 0.717) is 11.4 Å². The molecule has 0 aliphatic carbocycles. The second kappa shape index (κ2) is 5.62. The highest BCUT2D eigenvalue weighted by atomic mass is 16.5. The molecule has 0 amide bonds. The van der Waals surface area contributed by atoms with Crippen molar-refractivity contribution in [1.29, 1.82) is 5.26 Å². The fraction of sp³-hybridized carbons (Fsp3) is 0.250. The van der Waals surface area contributed by atoms with Crippen molar-refractivity contribution in [3.63, 3.8) is 0 Å². The predicted octanol–water partition coefficient (Wildman–Crippen LogP) is 3.29. The number of nitriles is 1. The van der Waals surface area contributed by atoms with Crippen LogP contribution in [0.2, 0.25) is 0 Å². The van der Waals surface area contributed by atoms with Gasteiger partial charge in [-0.15, -0.1) is 0 Å². The van der Waals surface area contributed by atoms with Gasteiger partial charge in [0, 0.05) is 12.6 Å². The Bertz CT molecular complexity index is 687. The van der Waals surface area contributed by atoms with Gasteiger partial charge < -0.3 is 10.1 Å². The first-order valence-corrected chi connectivity index (χ1v) is 6.35. The molecule has 2 aromatic rings. The van der Waals surface area contributed by atoms with Crippen molar-refractivity contribution in [3.05, 3.63) is 41.0 Å². The van der Waals surface area contributed by atoms with Gasteiger partial charge in [0.25, 0.3) is 0 Å². The third kappa shape index (κ3) is 2.43. The molecule has 0 aliphatic rings. The van der Waals surface area contributed by atoms with E-state index < -0.39 is 0 Å². The first-order chi connectivity index (χ1) is 9.60. The average molecular weight is 267 g/mol. The SMILES string of the molecule is CNc1nc(-c2cc(C)c(OC)cc2C)ccc1C#N. The summed E-state index contributed by atoms with van der Waals surface area (Å²) in [5.74, 6) is 1.46. The lowest BCUT2D eigenvalue weighted by molar-refractivity contribution is 0.411. The quantitative estimate of drug-likeness (QED) is 0.927. The third-order valence-electron chi connectivity index (χ3n) is 3.27. The summed E-state index contributed by atoms with van der Waals surface area (Å²) >= 11 is 0. The Hall–Kier alpha value is -2.54. The largest absolute Gasteiger partial charge is 0.496 e. The number of hydrogen-bond donors (Lipinski definition) is 1. The summed E-state index contributed by atoms with van der Waals surface area (Å²) in [7, 11) is 3.43. The average Bonchev–Trinajstić information content (AvgIpc) is 2.48. The van der Waals surface area contributed by atoms with Crippen LogP contribution < -0.4 is 10.1 Å². The molecule has 4 nitrogen and oxygen atoms in total. The van der Waals surface area contributed by atoms with E-state index >= 15 is 0 Å². The minimum Gasteiger partial charge on any atom is -0.496 e. The zero-order chi connectivity index (χ0) is 14.7. The van der Waals surface area contributed by atoms with E-state index in [9.17, 15) is 0 Å². The van der Waals surface area contributed by atoms with Crippen LogP contribution in [0, 0.1) is 25.2 Å². The van der Waals surface area contributed by atoms with Crippen molar-refractivity contribution >= 4 is 5.82 Å². The Balaban J connectivity index is 2.57. The molecule has 0 fully saturated rings. The third-order valence-corrected chi connectivity index (χ3v) is 3.27. The van der Waals surface area contributed by atoms with Gasteiger partial charge in [0.05, 0.1) is 18.4 Å². The van der Waals surface area contributed by atoms with Gasteiger partial charge in [-0.25, -0.2) is 4.98 Å². The molecule has 0 saturated heterocycles. The molecular formula is C16H17N3O. The Kier molecular flexibility index (Phi) is 3.90. The molecule has 0 atom stereocenters. The summed E-state index contributed by atoms with van der Waals surface area (Å²) < 4.78 is 5.32. The van der Waals surface area contributed by atoms with E-state index in [4.69, 9.17) is 10.00 Å². The molecular weight excluding hydrogens is 250 g/mol. The Morgan fingerprint density at radius 1 is 1.20 bits per heavy atom. The standard InChI is InChI=1S/C16H17N3O/c1-10-8-15(20-4)11(2)7-13(10)14-6-5-12(9-17)16(18-3)19-14/h5-8H,1-4H3,(H,18,19). The van der Waals surface area contributed by atoms with Crippen molar-refractivity contribution in [3.8, 4) is 23.1 Å². The summed E-state index contributed by atoms with van der Waals surface area (Å²) in [6, 6.07) is 9.84. The smallest absolute Gasteiger partial charge is 0.144 e. The molecule has 0 unspecified atom stereocenters. The lowest BCUT2D eigenvalue weighted by atomic mass is 10.0. The molecule has 0 bridgehead atoms. The molecule has 4 heteroatoms. The lowest BCUT2D eigenvalue weighted by Crippen LogP contribution is -1.99. The van der Waals surface area contributed by atoms with E-state index in [2.05, 4.69) is 22.4 Å². The van der Waals surface area contributed by atoms with E-state index in [1.165, 1.54) is 0 Å². The van der Waals surface area contributed by atoms with Crippen molar-refractivity contribution in [1.82, 2.24) is 4.98 Å². The van der Waals surface area contributed by atoms with Crippen LogP contribution in [0.3, 0.4) is 0 Å². The van der Waals surface area contributed by atoms with Gasteiger partial charge in [-0.1, -0.05) is 0 Å². The van der Waals surface area contributed by atoms with Gasteiger partial charge in [0.15, 0.2) is 0 Å². The van der Waals surface area contributed by atoms with Gasteiger partial charge in [-0.05, 0) is 49.2 Å². The van der Waals surface area contributed by atoms with Crippen molar-refractivity contribution in [2.24, 2.45) is 0 Å². The molecule has 1 heterocycles. The number of ether oxygens (including phenoxy) is 1. The molecule has 102 valence electrons. The van der Waals surface area contributed by atoms with Crippen molar-refractivity contribution in [2.45, 2.75) is 13.8 Å². The van der Waals surface area contributed by atoms with Gasteiger partial charge in [0.2, 0.25) is 0 Å². The highest BCUT2D eigenvalue weighted by molar-refractivity contribution is 5.69. The predicted molar refractivity (Wildman–Crippen MR) is 80.0 cm³/mol. The van der Waals surface area contributed by atoms with E-state index in [1.807, 2.05) is 26.0 Å². The number of pyridine rings is 1. The number of nitrogens with zero attached hydrogens (tertiary/aromatic N) is 2. The molecule has 1 aromatic carbocycles. The second-order valence-electron chi connectivity index (χ2n) is 4.59. The normalized spacial score (nSPS) is 9.95. The van der Waals surface area contributed by atoms with Crippen LogP contribution in [0.5, 0.6) is 5.75 Å². The molecule has 0 spiro atoms. The molecule has 2 rings (SSSR count). The first-order valence-electron chi connectivity index (χ1n) is 6.35. The maximum Gasteiger partial charge on any atom is 0.144 e. The lowest BCUT2D eigenvalue weighted by Gasteiger charge is -2.12. The highest BCUT2D eigenvalue weighted by Crippen LogP contribution is 2.30. The number of methoxy groups -OCH3 is 1. The molecule has 0 saturated carbocycles. The van der Waals surface area contributed by atoms with Crippen LogP contribution >= 0.6 is 0 Å². The van der Waals surface area contributed by atoms with E-state index in [0.717, 1.165) is 28.1 Å². The maximum absolute atomic E-state index is 9.03. The number of anilines is 1. The van der Waals surface area contributed by atoms with Gasteiger partial charge in [0.1, 0.15) is 17.6 Å². The zero-order valence-corrected chi connectivity index (χ0v) is 12.1. The monoisotopic (exact) mass is 267 g/mol. The summed E-state index contributed by atoms with van der Waals surface area (Å²) in [6.45, 7) is 4.03. The van der Waals surface area contributed by atoms with Crippen LogP contribution in [0.25, 0.3) is 11.3 Å². The highest BCUT2D eigenvalue weighted by Gasteiger charge is 2.10. The van der Waals surface area contributed by atoms with Crippen molar-refractivity contribution < 1.29 is 4.74 Å². The molecule has 0 radical (unpaired) electrons. The van der Waals surface area contributed by atoms with E-state index in [1.54, 1.807) is 20.2 Å². The number of hydrogen-bond acceptors (Lipinski definition) is 4. The molecule has 20 heavy (non-hydrogen) atoms. The minimum absolute atomic E-state index is 0.541. The number of aryl methyl sites for hydroxylation is 2. The fourth-order valence-electron chi connectivity index (χ4n) is 2.18. The Morgan fingerprint density at radius 3 is 2.55 bits per heavy atom. The van der Waals surface area contributed by atoms with Crippen LogP contribution in [-0.4, -0.2) is 19.1 Å². The topological polar surface area (TPSA) is 57.9 Å². The number of rotatable bonds is 3. The number of benzene rings is 1. The fourth-order valence-corrected chi connectivity index (χ4v) is 2.18. The first kappa shape index (κ1) is 13.9. The minimum atomic E-state index is 0.541. The Labute approximate surface area is 119 Å². The molecule has 1 N–H and O–H groups in total. The summed E-state index contributed by atoms with van der Waals surface area (Å²) in [5.41, 5.74) is 4.58. The van der Waals surface area contributed by atoms with Gasteiger partial charge >= 0.3 is 0 Å². The van der Waals surface area contributed by atoms with Crippen LogP contribution in [-0.2, 0) is 0 Å². The van der Waals surface area contributed by atoms with Crippen LogP contribution in [0.1, 0.15) is 16.7 Å².